The summed E-state index contributed by atoms with van der Waals surface area (Å²) in [5.41, 5.74) is -0.704. The topological polar surface area (TPSA) is 81.7 Å². The molecule has 0 aromatic rings. The van der Waals surface area contributed by atoms with Crippen LogP contribution in [0.3, 0.4) is 0 Å². The van der Waals surface area contributed by atoms with Gasteiger partial charge in [-0.15, -0.1) is 3.89 Å². The Morgan fingerprint density at radius 3 is 2.33 bits per heavy atom. The molecule has 0 bridgehead atoms. The van der Waals surface area contributed by atoms with Gasteiger partial charge in [-0.25, -0.2) is 4.79 Å². The lowest BCUT2D eigenvalue weighted by Crippen LogP contribution is -2.42. The zero-order valence-corrected chi connectivity index (χ0v) is 11.8. The molecule has 0 spiro atoms. The van der Waals surface area contributed by atoms with Crippen LogP contribution >= 0.6 is 0 Å². The highest BCUT2D eigenvalue weighted by Gasteiger charge is 2.23. The van der Waals surface area contributed by atoms with Crippen molar-refractivity contribution in [3.8, 4) is 0 Å². The Balaban J connectivity index is 4.44. The van der Waals surface area contributed by atoms with Crippen LogP contribution in [-0.2, 0) is 19.7 Å². The van der Waals surface area contributed by atoms with Crippen molar-refractivity contribution in [1.29, 1.82) is 0 Å². The summed E-state index contributed by atoms with van der Waals surface area (Å²) in [7, 11) is -3.24. The maximum atomic E-state index is 12.6. The molecule has 0 heterocycles. The molecule has 0 aromatic carbocycles. The quantitative estimate of drug-likeness (QED) is 0.742. The van der Waals surface area contributed by atoms with Gasteiger partial charge in [0.1, 0.15) is 11.4 Å². The molecule has 1 atom stereocenters. The van der Waals surface area contributed by atoms with E-state index in [-0.39, 0.29) is 13.0 Å². The van der Waals surface area contributed by atoms with E-state index in [2.05, 4.69) is 5.32 Å². The number of ether oxygens (including phenoxy) is 2. The molecule has 1 N–H and O–H groups in total. The lowest BCUT2D eigenvalue weighted by Gasteiger charge is -2.22. The van der Waals surface area contributed by atoms with E-state index in [1.807, 2.05) is 0 Å². The molecule has 0 saturated carbocycles. The molecule has 0 radical (unpaired) electrons. The second kappa shape index (κ2) is 6.89. The number of methoxy groups -OCH3 is 1. The van der Waals surface area contributed by atoms with Gasteiger partial charge < -0.3 is 14.8 Å². The monoisotopic (exact) mass is 285 g/mol. The molecular formula is C10H20FNO5S. The molecule has 18 heavy (non-hydrogen) atoms. The van der Waals surface area contributed by atoms with Crippen LogP contribution in [0, 0.1) is 0 Å². The molecular weight excluding hydrogens is 265 g/mol. The summed E-state index contributed by atoms with van der Waals surface area (Å²) in [5, 5.41) is 2.30. The van der Waals surface area contributed by atoms with Crippen molar-refractivity contribution in [2.24, 2.45) is 0 Å². The zero-order chi connectivity index (χ0) is 14.4. The first-order valence-electron chi connectivity index (χ1n) is 5.44. The average molecular weight is 285 g/mol. The standard InChI is InChI=1S/C10H20FNO5S/c1-10(2,3)17-9(13)12-8(5-6-16-4)7-18(11,14)15/h8H,5-7H2,1-4H3,(H,12,13). The van der Waals surface area contributed by atoms with Gasteiger partial charge in [0.25, 0.3) is 0 Å². The molecule has 1 unspecified atom stereocenters. The summed E-state index contributed by atoms with van der Waals surface area (Å²) in [6.45, 7) is 5.21. The van der Waals surface area contributed by atoms with Gasteiger partial charge in [-0.3, -0.25) is 0 Å². The SMILES string of the molecule is COCCC(CS(=O)(=O)F)NC(=O)OC(C)(C)C. The van der Waals surface area contributed by atoms with Gasteiger partial charge in [0.2, 0.25) is 0 Å². The fraction of sp³-hybridized carbons (Fsp3) is 0.900. The molecule has 108 valence electrons. The average Bonchev–Trinajstić information content (AvgIpc) is 2.08. The Bertz CT molecular complexity index is 363. The van der Waals surface area contributed by atoms with Gasteiger partial charge in [-0.2, -0.15) is 8.42 Å². The maximum Gasteiger partial charge on any atom is 0.407 e. The second-order valence-electron chi connectivity index (χ2n) is 4.83. The third-order valence-electron chi connectivity index (χ3n) is 1.79. The molecule has 0 rings (SSSR count). The Hall–Kier alpha value is -0.890. The third-order valence-corrected chi connectivity index (χ3v) is 2.59. The van der Waals surface area contributed by atoms with Gasteiger partial charge in [0.15, 0.2) is 0 Å². The number of halogens is 1. The number of nitrogens with one attached hydrogen (secondary N) is 1. The third kappa shape index (κ3) is 10.3. The van der Waals surface area contributed by atoms with Gasteiger partial charge >= 0.3 is 16.3 Å². The number of carbonyl (C=O) groups excluding carboxylic acids is 1. The van der Waals surface area contributed by atoms with Gasteiger partial charge in [-0.1, -0.05) is 0 Å². The van der Waals surface area contributed by atoms with E-state index in [1.54, 1.807) is 20.8 Å². The fourth-order valence-corrected chi connectivity index (χ4v) is 1.90. The normalized spacial score (nSPS) is 14.1. The molecule has 0 aliphatic carbocycles. The minimum absolute atomic E-state index is 0.179. The lowest BCUT2D eigenvalue weighted by molar-refractivity contribution is 0.0500. The van der Waals surface area contributed by atoms with E-state index in [1.165, 1.54) is 7.11 Å². The number of hydrogen-bond acceptors (Lipinski definition) is 5. The summed E-state index contributed by atoms with van der Waals surface area (Å²) >= 11 is 0. The van der Waals surface area contributed by atoms with Crippen molar-refractivity contribution in [1.82, 2.24) is 5.32 Å². The van der Waals surface area contributed by atoms with Crippen LogP contribution in [0.5, 0.6) is 0 Å². The van der Waals surface area contributed by atoms with Gasteiger partial charge in [-0.05, 0) is 27.2 Å². The minimum Gasteiger partial charge on any atom is -0.444 e. The Morgan fingerprint density at radius 1 is 1.39 bits per heavy atom. The number of amides is 1. The highest BCUT2D eigenvalue weighted by Crippen LogP contribution is 2.08. The second-order valence-corrected chi connectivity index (χ2v) is 6.24. The smallest absolute Gasteiger partial charge is 0.407 e. The first-order valence-corrected chi connectivity index (χ1v) is 6.99. The van der Waals surface area contributed by atoms with E-state index in [9.17, 15) is 17.1 Å². The first-order chi connectivity index (χ1) is 8.03. The molecule has 0 aromatic heterocycles. The van der Waals surface area contributed by atoms with Gasteiger partial charge in [0, 0.05) is 13.7 Å². The summed E-state index contributed by atoms with van der Waals surface area (Å²) in [4.78, 5) is 11.4. The van der Waals surface area contributed by atoms with Crippen LogP contribution in [0.2, 0.25) is 0 Å². The van der Waals surface area contributed by atoms with Crippen molar-refractivity contribution in [2.75, 3.05) is 19.5 Å². The van der Waals surface area contributed by atoms with Gasteiger partial charge in [0.05, 0.1) is 6.04 Å². The number of carbonyl (C=O) groups is 1. The fourth-order valence-electron chi connectivity index (χ4n) is 1.17. The number of rotatable bonds is 6. The first kappa shape index (κ1) is 17.1. The number of hydrogen-bond donors (Lipinski definition) is 1. The van der Waals surface area contributed by atoms with Crippen LogP contribution in [0.25, 0.3) is 0 Å². The molecule has 1 amide bonds. The Labute approximate surface area is 107 Å². The van der Waals surface area contributed by atoms with Crippen molar-refractivity contribution in [3.63, 3.8) is 0 Å². The van der Waals surface area contributed by atoms with E-state index in [4.69, 9.17) is 9.47 Å². The summed E-state index contributed by atoms with van der Waals surface area (Å²) < 4.78 is 43.5. The Morgan fingerprint density at radius 2 is 1.94 bits per heavy atom. The largest absolute Gasteiger partial charge is 0.444 e. The van der Waals surface area contributed by atoms with Crippen LogP contribution in [0.1, 0.15) is 27.2 Å². The van der Waals surface area contributed by atoms with E-state index >= 15 is 0 Å². The molecule has 0 fully saturated rings. The van der Waals surface area contributed by atoms with Crippen LogP contribution < -0.4 is 5.32 Å². The summed E-state index contributed by atoms with van der Waals surface area (Å²) in [6, 6.07) is -0.880. The lowest BCUT2D eigenvalue weighted by atomic mass is 10.2. The van der Waals surface area contributed by atoms with Crippen molar-refractivity contribution >= 4 is 16.3 Å². The highest BCUT2D eigenvalue weighted by atomic mass is 32.3. The maximum absolute atomic E-state index is 12.6. The van der Waals surface area contributed by atoms with E-state index < -0.39 is 33.7 Å². The minimum atomic E-state index is -4.67. The number of alkyl carbamates (subject to hydrolysis) is 1. The zero-order valence-electron chi connectivity index (χ0n) is 11.0. The molecule has 8 heteroatoms. The van der Waals surface area contributed by atoms with Crippen LogP contribution in [0.4, 0.5) is 8.68 Å². The summed E-state index contributed by atoms with van der Waals surface area (Å²) in [6.07, 6.45) is -0.605. The predicted octanol–water partition coefficient (Wildman–Crippen LogP) is 1.22. The highest BCUT2D eigenvalue weighted by molar-refractivity contribution is 7.86. The van der Waals surface area contributed by atoms with Crippen molar-refractivity contribution in [2.45, 2.75) is 38.8 Å². The predicted molar refractivity (Wildman–Crippen MR) is 64.5 cm³/mol. The van der Waals surface area contributed by atoms with Crippen molar-refractivity contribution < 1.29 is 26.6 Å². The Kier molecular flexibility index (Phi) is 6.55. The molecule has 0 saturated heterocycles. The van der Waals surface area contributed by atoms with E-state index in [0.29, 0.717) is 0 Å². The van der Waals surface area contributed by atoms with Crippen molar-refractivity contribution in [3.05, 3.63) is 0 Å². The van der Waals surface area contributed by atoms with Crippen LogP contribution in [-0.4, -0.2) is 45.6 Å². The molecule has 0 aliphatic rings. The van der Waals surface area contributed by atoms with E-state index in [0.717, 1.165) is 0 Å². The molecule has 0 aliphatic heterocycles. The van der Waals surface area contributed by atoms with Crippen LogP contribution in [0.15, 0.2) is 0 Å². The summed E-state index contributed by atoms with van der Waals surface area (Å²) in [5.74, 6) is -0.796. The molecule has 6 nitrogen and oxygen atoms in total.